The molecule has 0 radical (unpaired) electrons. The smallest absolute Gasteiger partial charge is 0.178 e. The van der Waals surface area contributed by atoms with E-state index in [9.17, 15) is 9.90 Å². The van der Waals surface area contributed by atoms with Crippen molar-refractivity contribution in [3.63, 3.8) is 0 Å². The molecule has 0 heterocycles. The Bertz CT molecular complexity index is 546. The molecule has 0 aromatic carbocycles. The van der Waals surface area contributed by atoms with Gasteiger partial charge in [0, 0.05) is 5.41 Å². The van der Waals surface area contributed by atoms with Crippen molar-refractivity contribution >= 4 is 5.78 Å². The number of allylic oxidation sites excluding steroid dienone is 4. The van der Waals surface area contributed by atoms with E-state index in [0.717, 1.165) is 25.2 Å². The molecule has 114 valence electrons. The van der Waals surface area contributed by atoms with Gasteiger partial charge in [0.25, 0.3) is 0 Å². The van der Waals surface area contributed by atoms with Gasteiger partial charge in [0.15, 0.2) is 5.78 Å². The molecule has 0 saturated heterocycles. The first-order chi connectivity index (χ1) is 9.95. The molecule has 2 nitrogen and oxygen atoms in total. The molecular weight excluding hydrogens is 260 g/mol. The molecule has 0 bridgehead atoms. The summed E-state index contributed by atoms with van der Waals surface area (Å²) < 4.78 is 0. The molecule has 6 atom stereocenters. The summed E-state index contributed by atoms with van der Waals surface area (Å²) >= 11 is 0. The number of ketones is 1. The van der Waals surface area contributed by atoms with Crippen molar-refractivity contribution in [2.45, 2.75) is 58.5 Å². The highest BCUT2D eigenvalue weighted by atomic mass is 16.3. The van der Waals surface area contributed by atoms with Crippen LogP contribution in [-0.4, -0.2) is 17.0 Å². The van der Waals surface area contributed by atoms with Crippen LogP contribution in [0.2, 0.25) is 0 Å². The largest absolute Gasteiger partial charge is 0.393 e. The lowest BCUT2D eigenvalue weighted by Gasteiger charge is -2.56. The number of aliphatic hydroxyl groups excluding tert-OH is 1. The summed E-state index contributed by atoms with van der Waals surface area (Å²) in [5.41, 5.74) is 1.59. The van der Waals surface area contributed by atoms with E-state index in [4.69, 9.17) is 0 Å². The number of hydrogen-bond acceptors (Lipinski definition) is 2. The molecule has 0 aromatic heterocycles. The lowest BCUT2D eigenvalue weighted by Crippen LogP contribution is -2.50. The average Bonchev–Trinajstić information content (AvgIpc) is 2.76. The number of rotatable bonds is 0. The van der Waals surface area contributed by atoms with Crippen LogP contribution in [0.4, 0.5) is 0 Å². The van der Waals surface area contributed by atoms with Gasteiger partial charge in [0.05, 0.1) is 6.10 Å². The molecule has 4 aliphatic rings. The number of aliphatic hydroxyl groups is 1. The molecule has 0 amide bonds. The van der Waals surface area contributed by atoms with E-state index >= 15 is 0 Å². The summed E-state index contributed by atoms with van der Waals surface area (Å²) in [4.78, 5) is 11.7. The van der Waals surface area contributed by atoms with Gasteiger partial charge in [-0.15, -0.1) is 0 Å². The van der Waals surface area contributed by atoms with Gasteiger partial charge in [-0.05, 0) is 73.8 Å². The molecule has 0 aliphatic heterocycles. The van der Waals surface area contributed by atoms with Gasteiger partial charge in [0.2, 0.25) is 0 Å². The van der Waals surface area contributed by atoms with Crippen molar-refractivity contribution in [2.24, 2.45) is 28.6 Å². The van der Waals surface area contributed by atoms with Crippen molar-refractivity contribution in [2.75, 3.05) is 0 Å². The lowest BCUT2D eigenvalue weighted by molar-refractivity contribution is -0.111. The van der Waals surface area contributed by atoms with E-state index in [-0.39, 0.29) is 22.7 Å². The van der Waals surface area contributed by atoms with Crippen LogP contribution in [0.15, 0.2) is 23.8 Å². The minimum atomic E-state index is -0.100. The maximum atomic E-state index is 11.7. The minimum Gasteiger partial charge on any atom is -0.393 e. The summed E-state index contributed by atoms with van der Waals surface area (Å²) in [6.07, 6.45) is 12.6. The predicted octanol–water partition coefficient (Wildman–Crippen LogP) is 3.66. The van der Waals surface area contributed by atoms with Crippen molar-refractivity contribution in [1.82, 2.24) is 0 Å². The Morgan fingerprint density at radius 1 is 1.14 bits per heavy atom. The zero-order valence-corrected chi connectivity index (χ0v) is 13.1. The normalized spacial score (nSPS) is 52.0. The van der Waals surface area contributed by atoms with Crippen molar-refractivity contribution in [3.8, 4) is 0 Å². The second kappa shape index (κ2) is 4.32. The van der Waals surface area contributed by atoms with E-state index in [0.29, 0.717) is 11.8 Å². The Balaban J connectivity index is 1.70. The van der Waals surface area contributed by atoms with Gasteiger partial charge in [0.1, 0.15) is 0 Å². The highest BCUT2D eigenvalue weighted by molar-refractivity contribution is 6.01. The Hall–Kier alpha value is -0.890. The van der Waals surface area contributed by atoms with Gasteiger partial charge in [-0.25, -0.2) is 0 Å². The first kappa shape index (κ1) is 13.8. The summed E-state index contributed by atoms with van der Waals surface area (Å²) in [6, 6.07) is 0. The number of carbonyl (C=O) groups excluding carboxylic acids is 1. The molecule has 0 unspecified atom stereocenters. The summed E-state index contributed by atoms with van der Waals surface area (Å²) in [5.74, 6) is 2.22. The molecule has 4 aliphatic carbocycles. The van der Waals surface area contributed by atoms with Gasteiger partial charge < -0.3 is 5.11 Å². The highest BCUT2D eigenvalue weighted by Crippen LogP contribution is 2.64. The van der Waals surface area contributed by atoms with Crippen LogP contribution < -0.4 is 0 Å². The standard InChI is InChI=1S/C19H26O2/c1-18-9-7-13(20)11-12(18)3-4-14-15-5-6-17(21)19(15,2)10-8-16(14)18/h7,9,11,14-17,21H,3-6,8,10H2,1-2H3/t14-,15+,16-,17+,18-,19-/m0/s1. The summed E-state index contributed by atoms with van der Waals surface area (Å²) in [6.45, 7) is 4.66. The molecule has 3 saturated carbocycles. The van der Waals surface area contributed by atoms with Gasteiger partial charge in [-0.3, -0.25) is 4.79 Å². The van der Waals surface area contributed by atoms with E-state index in [1.54, 1.807) is 6.08 Å². The Kier molecular flexibility index (Phi) is 2.83. The topological polar surface area (TPSA) is 37.3 Å². The number of carbonyl (C=O) groups is 1. The first-order valence-electron chi connectivity index (χ1n) is 8.57. The second-order valence-corrected chi connectivity index (χ2v) is 8.24. The fourth-order valence-corrected chi connectivity index (χ4v) is 6.17. The van der Waals surface area contributed by atoms with Gasteiger partial charge in [-0.2, -0.15) is 0 Å². The molecule has 21 heavy (non-hydrogen) atoms. The highest BCUT2D eigenvalue weighted by Gasteiger charge is 2.58. The maximum Gasteiger partial charge on any atom is 0.178 e. The average molecular weight is 286 g/mol. The molecule has 0 aromatic rings. The van der Waals surface area contributed by atoms with Crippen LogP contribution in [0.5, 0.6) is 0 Å². The van der Waals surface area contributed by atoms with Crippen LogP contribution in [-0.2, 0) is 4.79 Å². The Labute approximate surface area is 127 Å². The minimum absolute atomic E-state index is 0.0890. The van der Waals surface area contributed by atoms with E-state index in [2.05, 4.69) is 19.9 Å². The number of hydrogen-bond donors (Lipinski definition) is 1. The van der Waals surface area contributed by atoms with Crippen LogP contribution in [0.25, 0.3) is 0 Å². The molecule has 1 N–H and O–H groups in total. The Morgan fingerprint density at radius 3 is 2.76 bits per heavy atom. The monoisotopic (exact) mass is 286 g/mol. The van der Waals surface area contributed by atoms with Crippen molar-refractivity contribution in [3.05, 3.63) is 23.8 Å². The summed E-state index contributed by atoms with van der Waals surface area (Å²) in [5, 5.41) is 10.4. The molecule has 4 rings (SSSR count). The Morgan fingerprint density at radius 2 is 1.95 bits per heavy atom. The van der Waals surface area contributed by atoms with Crippen LogP contribution in [0.1, 0.15) is 52.4 Å². The maximum absolute atomic E-state index is 11.7. The third-order valence-corrected chi connectivity index (χ3v) is 7.51. The summed E-state index contributed by atoms with van der Waals surface area (Å²) in [7, 11) is 0. The van der Waals surface area contributed by atoms with Gasteiger partial charge in [-0.1, -0.05) is 25.5 Å². The predicted molar refractivity (Wildman–Crippen MR) is 82.6 cm³/mol. The zero-order valence-electron chi connectivity index (χ0n) is 13.1. The van der Waals surface area contributed by atoms with Crippen LogP contribution >= 0.6 is 0 Å². The molecule has 3 fully saturated rings. The molecule has 0 spiro atoms. The molecule has 2 heteroatoms. The molecular formula is C19H26O2. The zero-order chi connectivity index (χ0) is 14.8. The second-order valence-electron chi connectivity index (χ2n) is 8.24. The first-order valence-corrected chi connectivity index (χ1v) is 8.57. The fourth-order valence-electron chi connectivity index (χ4n) is 6.17. The van der Waals surface area contributed by atoms with Crippen molar-refractivity contribution in [1.29, 1.82) is 0 Å². The third kappa shape index (κ3) is 1.72. The van der Waals surface area contributed by atoms with Crippen molar-refractivity contribution < 1.29 is 9.90 Å². The lowest BCUT2D eigenvalue weighted by atomic mass is 9.48. The quantitative estimate of drug-likeness (QED) is 0.738. The van der Waals surface area contributed by atoms with Crippen LogP contribution in [0, 0.1) is 28.6 Å². The van der Waals surface area contributed by atoms with Gasteiger partial charge >= 0.3 is 0 Å². The fraction of sp³-hybridized carbons (Fsp3) is 0.737. The third-order valence-electron chi connectivity index (χ3n) is 7.51. The SMILES string of the molecule is C[C@]12CC[C@H]3[C@@H](CCC4=CC(=O)C=C[C@@]43C)[C@H]1CC[C@H]2O. The van der Waals surface area contributed by atoms with E-state index < -0.39 is 0 Å². The van der Waals surface area contributed by atoms with Crippen LogP contribution in [0.3, 0.4) is 0 Å². The van der Waals surface area contributed by atoms with E-state index in [1.165, 1.54) is 24.8 Å². The number of fused-ring (bicyclic) bond motifs is 5. The van der Waals surface area contributed by atoms with E-state index in [1.807, 2.05) is 6.08 Å².